The molecule has 11 heteroatoms. The van der Waals surface area contributed by atoms with Gasteiger partial charge in [-0.1, -0.05) is 11.6 Å². The topological polar surface area (TPSA) is 114 Å². The van der Waals surface area contributed by atoms with Crippen LogP contribution in [0.1, 0.15) is 21.1 Å². The molecule has 0 aromatic carbocycles. The van der Waals surface area contributed by atoms with Crippen LogP contribution in [0, 0.1) is 13.8 Å². The van der Waals surface area contributed by atoms with Gasteiger partial charge in [0.2, 0.25) is 0 Å². The number of nitrogens with one attached hydrogen (secondary N) is 1. The molecule has 0 saturated carbocycles. The number of anilines is 2. The van der Waals surface area contributed by atoms with Gasteiger partial charge in [0.25, 0.3) is 5.91 Å². The van der Waals surface area contributed by atoms with E-state index in [1.54, 1.807) is 10.7 Å². The minimum atomic E-state index is -0.181. The van der Waals surface area contributed by atoms with Gasteiger partial charge in [-0.2, -0.15) is 5.10 Å². The fraction of sp³-hybridized carbons (Fsp3) is 0.278. The van der Waals surface area contributed by atoms with Crippen molar-refractivity contribution in [2.75, 3.05) is 23.7 Å². The predicted molar refractivity (Wildman–Crippen MR) is 113 cm³/mol. The molecule has 0 bridgehead atoms. The molecule has 1 fully saturated rings. The van der Waals surface area contributed by atoms with E-state index in [1.165, 1.54) is 17.5 Å². The fourth-order valence-corrected chi connectivity index (χ4v) is 4.80. The number of carbonyl (C=O) groups is 1. The quantitative estimate of drug-likeness (QED) is 0.514. The first-order valence-electron chi connectivity index (χ1n) is 8.99. The average molecular weight is 429 g/mol. The van der Waals surface area contributed by atoms with Gasteiger partial charge < -0.3 is 16.0 Å². The van der Waals surface area contributed by atoms with Crippen molar-refractivity contribution >= 4 is 56.2 Å². The molecule has 4 aromatic rings. The number of nitrogens with two attached hydrogens (primary N) is 1. The predicted octanol–water partition coefficient (Wildman–Crippen LogP) is 2.21. The van der Waals surface area contributed by atoms with Crippen LogP contribution in [0.25, 0.3) is 15.9 Å². The lowest BCUT2D eigenvalue weighted by Gasteiger charge is -2.40. The summed E-state index contributed by atoms with van der Waals surface area (Å²) >= 11 is 7.11. The van der Waals surface area contributed by atoms with Crippen molar-refractivity contribution < 1.29 is 4.79 Å². The maximum absolute atomic E-state index is 12.9. The van der Waals surface area contributed by atoms with Crippen LogP contribution in [-0.2, 0) is 0 Å². The lowest BCUT2D eigenvalue weighted by Crippen LogP contribution is -2.59. The number of thiophene rings is 1. The van der Waals surface area contributed by atoms with Crippen LogP contribution >= 0.6 is 22.9 Å². The van der Waals surface area contributed by atoms with E-state index in [0.717, 1.165) is 27.2 Å². The lowest BCUT2D eigenvalue weighted by atomic mass is 10.1. The van der Waals surface area contributed by atoms with Gasteiger partial charge in [-0.05, 0) is 25.5 Å². The van der Waals surface area contributed by atoms with E-state index >= 15 is 0 Å². The first kappa shape index (κ1) is 18.1. The Hall–Kier alpha value is -2.98. The summed E-state index contributed by atoms with van der Waals surface area (Å²) in [5.74, 6) is 1.23. The lowest BCUT2D eigenvalue weighted by molar-refractivity contribution is 0.0935. The summed E-state index contributed by atoms with van der Waals surface area (Å²) in [6.07, 6.45) is 3.13. The molecule has 148 valence electrons. The van der Waals surface area contributed by atoms with Crippen molar-refractivity contribution in [3.05, 3.63) is 39.9 Å². The summed E-state index contributed by atoms with van der Waals surface area (Å²) < 4.78 is 1.75. The molecule has 4 aromatic heterocycles. The third kappa shape index (κ3) is 2.95. The van der Waals surface area contributed by atoms with Gasteiger partial charge in [0.1, 0.15) is 26.5 Å². The summed E-state index contributed by atoms with van der Waals surface area (Å²) in [7, 11) is 0. The number of carbonyl (C=O) groups excluding carboxylic acids is 1. The molecule has 5 heterocycles. The van der Waals surface area contributed by atoms with Gasteiger partial charge in [0.05, 0.1) is 24.1 Å². The van der Waals surface area contributed by atoms with Gasteiger partial charge in [-0.15, -0.1) is 11.3 Å². The standard InChI is InChI=1S/C18H17ClN8OS/c1-8-3-12-23-9(2)25-27(12)18-14(8)15(20)16(29-18)17(28)24-10-6-26(7-10)13-5-21-11(19)4-22-13/h3-5,10H,6-7,20H2,1-2H3,(H,24,28). The number of halogens is 1. The molecule has 9 nitrogen and oxygen atoms in total. The second kappa shape index (κ2) is 6.53. The molecular formula is C18H17ClN8OS. The summed E-state index contributed by atoms with van der Waals surface area (Å²) in [5.41, 5.74) is 8.56. The first-order chi connectivity index (χ1) is 13.9. The number of hydrogen-bond acceptors (Lipinski definition) is 8. The number of aryl methyl sites for hydroxylation is 2. The Bertz CT molecular complexity index is 1260. The molecule has 1 aliphatic heterocycles. The zero-order chi connectivity index (χ0) is 20.3. The first-order valence-corrected chi connectivity index (χ1v) is 10.2. The Labute approximate surface area is 174 Å². The Kier molecular flexibility index (Phi) is 4.07. The third-order valence-corrected chi connectivity index (χ3v) is 6.33. The van der Waals surface area contributed by atoms with Crippen molar-refractivity contribution in [2.24, 2.45) is 0 Å². The molecule has 5 rings (SSSR count). The molecule has 3 N–H and O–H groups in total. The number of fused-ring (bicyclic) bond motifs is 3. The number of rotatable bonds is 3. The maximum atomic E-state index is 12.9. The maximum Gasteiger partial charge on any atom is 0.263 e. The number of nitrogen functional groups attached to an aromatic ring is 1. The van der Waals surface area contributed by atoms with Crippen molar-refractivity contribution in [2.45, 2.75) is 19.9 Å². The Morgan fingerprint density at radius 1 is 1.31 bits per heavy atom. The highest BCUT2D eigenvalue weighted by atomic mass is 35.5. The Morgan fingerprint density at radius 3 is 2.83 bits per heavy atom. The van der Waals surface area contributed by atoms with Crippen LogP contribution < -0.4 is 16.0 Å². The van der Waals surface area contributed by atoms with Crippen molar-refractivity contribution in [1.29, 1.82) is 0 Å². The summed E-state index contributed by atoms with van der Waals surface area (Å²) in [5, 5.41) is 8.69. The normalized spacial score (nSPS) is 14.5. The van der Waals surface area contributed by atoms with Crippen LogP contribution in [0.4, 0.5) is 11.5 Å². The average Bonchev–Trinajstić information content (AvgIpc) is 3.18. The van der Waals surface area contributed by atoms with Crippen LogP contribution in [-0.4, -0.2) is 49.6 Å². The second-order valence-corrected chi connectivity index (χ2v) is 8.44. The van der Waals surface area contributed by atoms with E-state index < -0.39 is 0 Å². The van der Waals surface area contributed by atoms with Gasteiger partial charge in [-0.25, -0.2) is 19.5 Å². The number of nitrogens with zero attached hydrogens (tertiary/aromatic N) is 6. The van der Waals surface area contributed by atoms with E-state index in [1.807, 2.05) is 24.8 Å². The Balaban J connectivity index is 1.38. The van der Waals surface area contributed by atoms with Crippen LogP contribution in [0.15, 0.2) is 18.5 Å². The monoisotopic (exact) mass is 428 g/mol. The highest BCUT2D eigenvalue weighted by Crippen LogP contribution is 2.36. The van der Waals surface area contributed by atoms with Gasteiger partial charge >= 0.3 is 0 Å². The summed E-state index contributed by atoms with van der Waals surface area (Å²) in [4.78, 5) is 28.9. The Morgan fingerprint density at radius 2 is 2.10 bits per heavy atom. The molecule has 0 radical (unpaired) electrons. The molecule has 1 amide bonds. The number of hydrogen-bond donors (Lipinski definition) is 2. The van der Waals surface area contributed by atoms with E-state index in [-0.39, 0.29) is 11.9 Å². The zero-order valence-corrected chi connectivity index (χ0v) is 17.3. The molecule has 1 saturated heterocycles. The summed E-state index contributed by atoms with van der Waals surface area (Å²) in [6, 6.07) is 1.95. The van der Waals surface area contributed by atoms with Gasteiger partial charge in [-0.3, -0.25) is 4.79 Å². The minimum absolute atomic E-state index is 0.0133. The van der Waals surface area contributed by atoms with Gasteiger partial charge in [0, 0.05) is 18.5 Å². The molecule has 1 aliphatic rings. The number of pyridine rings is 1. The largest absolute Gasteiger partial charge is 0.397 e. The van der Waals surface area contributed by atoms with E-state index in [0.29, 0.717) is 34.6 Å². The number of aromatic nitrogens is 5. The highest BCUT2D eigenvalue weighted by Gasteiger charge is 2.31. The van der Waals surface area contributed by atoms with E-state index in [2.05, 4.69) is 25.4 Å². The van der Waals surface area contributed by atoms with E-state index in [9.17, 15) is 4.79 Å². The SMILES string of the molecule is Cc1nc2cc(C)c3c(N)c(C(=O)NC4CN(c5cnc(Cl)cn5)C4)sc3n2n1. The smallest absolute Gasteiger partial charge is 0.263 e. The molecule has 0 spiro atoms. The molecule has 0 unspecified atom stereocenters. The molecule has 0 aliphatic carbocycles. The van der Waals surface area contributed by atoms with Crippen molar-refractivity contribution in [1.82, 2.24) is 29.9 Å². The van der Waals surface area contributed by atoms with Gasteiger partial charge in [0.15, 0.2) is 5.65 Å². The number of amides is 1. The van der Waals surface area contributed by atoms with Crippen molar-refractivity contribution in [3.63, 3.8) is 0 Å². The van der Waals surface area contributed by atoms with Crippen LogP contribution in [0.3, 0.4) is 0 Å². The molecule has 0 atom stereocenters. The summed E-state index contributed by atoms with van der Waals surface area (Å²) in [6.45, 7) is 5.11. The van der Waals surface area contributed by atoms with Crippen molar-refractivity contribution in [3.8, 4) is 0 Å². The van der Waals surface area contributed by atoms with Crippen LogP contribution in [0.2, 0.25) is 5.15 Å². The zero-order valence-electron chi connectivity index (χ0n) is 15.7. The van der Waals surface area contributed by atoms with E-state index in [4.69, 9.17) is 17.3 Å². The minimum Gasteiger partial charge on any atom is -0.397 e. The third-order valence-electron chi connectivity index (χ3n) is 4.95. The van der Waals surface area contributed by atoms with Crippen LogP contribution in [0.5, 0.6) is 0 Å². The fourth-order valence-electron chi connectivity index (χ4n) is 3.55. The molecular weight excluding hydrogens is 412 g/mol. The molecule has 29 heavy (non-hydrogen) atoms. The second-order valence-electron chi connectivity index (χ2n) is 7.05. The highest BCUT2D eigenvalue weighted by molar-refractivity contribution is 7.21.